The molecule has 37 heavy (non-hydrogen) atoms. The summed E-state index contributed by atoms with van der Waals surface area (Å²) in [6.45, 7) is 3.95. The highest BCUT2D eigenvalue weighted by atomic mass is 79.9. The molecule has 0 radical (unpaired) electrons. The van der Waals surface area contributed by atoms with Crippen LogP contribution in [0.5, 0.6) is 0 Å². The number of amides is 3. The second kappa shape index (κ2) is 10.5. The maximum absolute atomic E-state index is 13.9. The van der Waals surface area contributed by atoms with Crippen molar-refractivity contribution in [1.82, 2.24) is 4.90 Å². The van der Waals surface area contributed by atoms with Gasteiger partial charge >= 0.3 is 5.97 Å². The number of likely N-dealkylation sites (tertiary alicyclic amines) is 1. The Morgan fingerprint density at radius 2 is 2.00 bits per heavy atom. The minimum atomic E-state index is -1.06. The third kappa shape index (κ3) is 5.02. The van der Waals surface area contributed by atoms with Crippen molar-refractivity contribution in [2.75, 3.05) is 19.0 Å². The van der Waals surface area contributed by atoms with Crippen LogP contribution in [0.2, 0.25) is 0 Å². The number of fused-ring (bicyclic) bond motifs is 2. The molecule has 9 nitrogen and oxygen atoms in total. The topological polar surface area (TPSA) is 131 Å². The molecule has 0 bridgehead atoms. The Bertz CT molecular complexity index is 1290. The van der Waals surface area contributed by atoms with Gasteiger partial charge in [0.25, 0.3) is 0 Å². The number of esters is 1. The highest BCUT2D eigenvalue weighted by molar-refractivity contribution is 9.10. The number of methoxy groups -OCH3 is 1. The fraction of sp³-hybridized carbons (Fsp3) is 0.370. The Labute approximate surface area is 223 Å². The number of hydrogen-bond acceptors (Lipinski definition) is 6. The monoisotopic (exact) mass is 568 g/mol. The van der Waals surface area contributed by atoms with Crippen LogP contribution in [0.15, 0.2) is 51.9 Å². The summed E-state index contributed by atoms with van der Waals surface area (Å²) in [6.07, 6.45) is 1.98. The number of carbonyl (C=O) groups is 4. The summed E-state index contributed by atoms with van der Waals surface area (Å²) in [7, 11) is 1.29. The lowest BCUT2D eigenvalue weighted by atomic mass is 9.79. The van der Waals surface area contributed by atoms with Gasteiger partial charge in [0.15, 0.2) is 0 Å². The molecular formula is C27H29BrN4O5. The SMILES string of the molecule is COC(=O)c1ccc(Br)cc1C=N[C@@H](CC(C)C)C(=O)N1C[C@]2(C[C@H]1C(N)=O)C(=O)Nc1ccccc12. The van der Waals surface area contributed by atoms with Crippen molar-refractivity contribution in [1.29, 1.82) is 0 Å². The van der Waals surface area contributed by atoms with Crippen molar-refractivity contribution < 1.29 is 23.9 Å². The normalized spacial score (nSPS) is 21.4. The highest BCUT2D eigenvalue weighted by Gasteiger charge is 2.57. The summed E-state index contributed by atoms with van der Waals surface area (Å²) in [4.78, 5) is 57.7. The quantitative estimate of drug-likeness (QED) is 0.391. The summed E-state index contributed by atoms with van der Waals surface area (Å²) < 4.78 is 5.60. The summed E-state index contributed by atoms with van der Waals surface area (Å²) in [5.74, 6) is -1.74. The molecule has 3 N–H and O–H groups in total. The fourth-order valence-corrected chi connectivity index (χ4v) is 5.47. The molecule has 2 aromatic carbocycles. The zero-order chi connectivity index (χ0) is 26.9. The lowest BCUT2D eigenvalue weighted by Gasteiger charge is -2.27. The minimum absolute atomic E-state index is 0.0245. The van der Waals surface area contributed by atoms with Crippen LogP contribution in [0.25, 0.3) is 0 Å². The summed E-state index contributed by atoms with van der Waals surface area (Å²) in [5, 5.41) is 2.88. The Morgan fingerprint density at radius 1 is 1.27 bits per heavy atom. The number of aliphatic imine (C=N–C) groups is 1. The van der Waals surface area contributed by atoms with Crippen molar-refractivity contribution in [2.24, 2.45) is 16.6 Å². The van der Waals surface area contributed by atoms with Crippen LogP contribution in [-0.4, -0.2) is 60.5 Å². The number of para-hydroxylation sites is 1. The van der Waals surface area contributed by atoms with Crippen LogP contribution in [0.1, 0.15) is 48.2 Å². The van der Waals surface area contributed by atoms with Crippen LogP contribution >= 0.6 is 15.9 Å². The average molecular weight is 569 g/mol. The van der Waals surface area contributed by atoms with E-state index in [0.29, 0.717) is 23.2 Å². The Hall–Kier alpha value is -3.53. The number of nitrogens with one attached hydrogen (secondary N) is 1. The van der Waals surface area contributed by atoms with Crippen LogP contribution in [-0.2, 0) is 24.5 Å². The number of carbonyl (C=O) groups excluding carboxylic acids is 4. The number of primary amides is 1. The van der Waals surface area contributed by atoms with Gasteiger partial charge in [-0.15, -0.1) is 0 Å². The molecule has 10 heteroatoms. The second-order valence-electron chi connectivity index (χ2n) is 9.82. The summed E-state index contributed by atoms with van der Waals surface area (Å²) >= 11 is 3.40. The van der Waals surface area contributed by atoms with E-state index in [-0.39, 0.29) is 24.8 Å². The molecule has 0 unspecified atom stereocenters. The van der Waals surface area contributed by atoms with E-state index in [2.05, 4.69) is 26.2 Å². The molecule has 1 fully saturated rings. The predicted octanol–water partition coefficient (Wildman–Crippen LogP) is 3.05. The number of halogens is 1. The average Bonchev–Trinajstić information content (AvgIpc) is 3.40. The Kier molecular flexibility index (Phi) is 7.49. The van der Waals surface area contributed by atoms with Gasteiger partial charge in [-0.25, -0.2) is 4.79 Å². The number of benzene rings is 2. The van der Waals surface area contributed by atoms with E-state index in [4.69, 9.17) is 10.5 Å². The van der Waals surface area contributed by atoms with Crippen LogP contribution in [0.4, 0.5) is 5.69 Å². The molecule has 194 valence electrons. The molecule has 3 amide bonds. The first-order valence-electron chi connectivity index (χ1n) is 12.0. The summed E-state index contributed by atoms with van der Waals surface area (Å²) in [6, 6.07) is 10.5. The van der Waals surface area contributed by atoms with E-state index < -0.39 is 35.3 Å². The molecule has 2 heterocycles. The smallest absolute Gasteiger partial charge is 0.338 e. The first kappa shape index (κ1) is 26.5. The molecule has 2 aliphatic heterocycles. The van der Waals surface area contributed by atoms with Gasteiger partial charge in [0, 0.05) is 28.5 Å². The maximum atomic E-state index is 13.9. The van der Waals surface area contributed by atoms with Crippen LogP contribution < -0.4 is 11.1 Å². The van der Waals surface area contributed by atoms with Gasteiger partial charge < -0.3 is 20.7 Å². The van der Waals surface area contributed by atoms with E-state index in [0.717, 1.165) is 10.0 Å². The standard InChI is InChI=1S/C27H29BrN4O5/c1-15(2)10-21(30-13-16-11-17(28)8-9-18(16)25(35)37-3)24(34)32-14-27(12-22(32)23(29)33)19-6-4-5-7-20(19)31-26(27)36/h4-9,11,13,15,21-22H,10,12,14H2,1-3H3,(H2,29,33)(H,31,36)/t21-,22-,27-/m0/s1. The van der Waals surface area contributed by atoms with Crippen LogP contribution in [0.3, 0.4) is 0 Å². The lowest BCUT2D eigenvalue weighted by molar-refractivity contribution is -0.138. The zero-order valence-corrected chi connectivity index (χ0v) is 22.4. The Balaban J connectivity index is 1.69. The third-order valence-corrected chi connectivity index (χ3v) is 7.38. The molecule has 2 aromatic rings. The van der Waals surface area contributed by atoms with E-state index in [1.165, 1.54) is 18.2 Å². The maximum Gasteiger partial charge on any atom is 0.338 e. The zero-order valence-electron chi connectivity index (χ0n) is 20.9. The molecule has 3 atom stereocenters. The first-order chi connectivity index (χ1) is 17.6. The largest absolute Gasteiger partial charge is 0.465 e. The number of nitrogens with zero attached hydrogens (tertiary/aromatic N) is 2. The van der Waals surface area contributed by atoms with Gasteiger partial charge in [-0.1, -0.05) is 48.0 Å². The molecule has 0 saturated carbocycles. The van der Waals surface area contributed by atoms with Crippen molar-refractivity contribution in [3.63, 3.8) is 0 Å². The molecule has 1 spiro atoms. The predicted molar refractivity (Wildman–Crippen MR) is 142 cm³/mol. The van der Waals surface area contributed by atoms with Crippen molar-refractivity contribution in [3.8, 4) is 0 Å². The Morgan fingerprint density at radius 3 is 2.68 bits per heavy atom. The molecule has 0 aromatic heterocycles. The van der Waals surface area contributed by atoms with Gasteiger partial charge in [-0.05, 0) is 48.6 Å². The second-order valence-corrected chi connectivity index (χ2v) is 10.7. The molecular weight excluding hydrogens is 540 g/mol. The van der Waals surface area contributed by atoms with Crippen molar-refractivity contribution in [2.45, 2.75) is 44.2 Å². The third-order valence-electron chi connectivity index (χ3n) is 6.89. The van der Waals surface area contributed by atoms with Crippen molar-refractivity contribution >= 4 is 51.5 Å². The van der Waals surface area contributed by atoms with Gasteiger partial charge in [0.05, 0.1) is 18.1 Å². The van der Waals surface area contributed by atoms with Gasteiger partial charge in [-0.2, -0.15) is 0 Å². The van der Waals surface area contributed by atoms with E-state index in [1.807, 2.05) is 32.0 Å². The molecule has 0 aliphatic carbocycles. The first-order valence-corrected chi connectivity index (χ1v) is 12.8. The number of anilines is 1. The molecule has 2 aliphatic rings. The molecule has 4 rings (SSSR count). The number of ether oxygens (including phenoxy) is 1. The van der Waals surface area contributed by atoms with Crippen molar-refractivity contribution in [3.05, 3.63) is 63.6 Å². The molecule has 1 saturated heterocycles. The van der Waals surface area contributed by atoms with E-state index in [9.17, 15) is 19.2 Å². The minimum Gasteiger partial charge on any atom is -0.465 e. The van der Waals surface area contributed by atoms with Gasteiger partial charge in [0.2, 0.25) is 17.7 Å². The van der Waals surface area contributed by atoms with E-state index in [1.54, 1.807) is 24.3 Å². The van der Waals surface area contributed by atoms with Crippen LogP contribution in [0, 0.1) is 5.92 Å². The van der Waals surface area contributed by atoms with E-state index >= 15 is 0 Å². The number of hydrogen-bond donors (Lipinski definition) is 2. The summed E-state index contributed by atoms with van der Waals surface area (Å²) in [5.41, 5.74) is 6.89. The number of rotatable bonds is 7. The fourth-order valence-electron chi connectivity index (χ4n) is 5.09. The lowest BCUT2D eigenvalue weighted by Crippen LogP contribution is -2.48. The van der Waals surface area contributed by atoms with Gasteiger partial charge in [0.1, 0.15) is 12.1 Å². The number of nitrogens with two attached hydrogens (primary N) is 1. The van der Waals surface area contributed by atoms with Gasteiger partial charge in [-0.3, -0.25) is 19.4 Å². The highest BCUT2D eigenvalue weighted by Crippen LogP contribution is 2.46.